The Bertz CT molecular complexity index is 249. The molecule has 0 aromatic heterocycles. The molecule has 0 aromatic rings. The first-order valence-corrected chi connectivity index (χ1v) is 7.63. The lowest BCUT2D eigenvalue weighted by molar-refractivity contribution is -0.0312. The van der Waals surface area contributed by atoms with Crippen LogP contribution in [-0.4, -0.2) is 0 Å². The van der Waals surface area contributed by atoms with Gasteiger partial charge in [-0.1, -0.05) is 39.5 Å². The summed E-state index contributed by atoms with van der Waals surface area (Å²) in [5.41, 5.74) is 1.54. The quantitative estimate of drug-likeness (QED) is 0.615. The minimum absolute atomic E-state index is 0.746. The van der Waals surface area contributed by atoms with Crippen molar-refractivity contribution in [2.75, 3.05) is 0 Å². The molecule has 4 rings (SSSR count). The Balaban J connectivity index is 1.84. The van der Waals surface area contributed by atoms with Crippen LogP contribution in [0.3, 0.4) is 0 Å². The van der Waals surface area contributed by atoms with E-state index in [0.717, 1.165) is 22.7 Å². The van der Waals surface area contributed by atoms with Crippen LogP contribution in [0.1, 0.15) is 78.1 Å². The lowest BCUT2D eigenvalue weighted by Crippen LogP contribution is -2.43. The van der Waals surface area contributed by atoms with Crippen LogP contribution < -0.4 is 0 Å². The van der Waals surface area contributed by atoms with E-state index in [-0.39, 0.29) is 0 Å². The molecule has 0 radical (unpaired) electrons. The molecule has 16 heavy (non-hydrogen) atoms. The molecule has 0 aliphatic heterocycles. The van der Waals surface area contributed by atoms with E-state index in [9.17, 15) is 0 Å². The van der Waals surface area contributed by atoms with Gasteiger partial charge in [-0.3, -0.25) is 0 Å². The fraction of sp³-hybridized carbons (Fsp3) is 1.00. The van der Waals surface area contributed by atoms with Gasteiger partial charge in [-0.2, -0.15) is 0 Å². The number of rotatable bonds is 3. The summed E-state index contributed by atoms with van der Waals surface area (Å²) in [7, 11) is 0. The summed E-state index contributed by atoms with van der Waals surface area (Å²) >= 11 is 0. The maximum Gasteiger partial charge on any atom is -0.0287 e. The van der Waals surface area contributed by atoms with Crippen LogP contribution >= 0.6 is 0 Å². The van der Waals surface area contributed by atoms with E-state index in [1.54, 1.807) is 51.4 Å². The largest absolute Gasteiger partial charge is 0.0654 e. The lowest BCUT2D eigenvalue weighted by Gasteiger charge is -2.54. The van der Waals surface area contributed by atoms with Crippen molar-refractivity contribution in [1.82, 2.24) is 0 Å². The lowest BCUT2D eigenvalue weighted by atomic mass is 9.51. The van der Waals surface area contributed by atoms with Gasteiger partial charge in [0.15, 0.2) is 0 Å². The average Bonchev–Trinajstić information content (AvgIpc) is 2.39. The predicted octanol–water partition coefficient (Wildman–Crippen LogP) is 5.17. The van der Waals surface area contributed by atoms with Gasteiger partial charge in [-0.15, -0.1) is 0 Å². The van der Waals surface area contributed by atoms with Crippen LogP contribution in [0.2, 0.25) is 0 Å². The monoisotopic (exact) mass is 220 g/mol. The number of unbranched alkanes of at least 4 members (excludes halogenated alkanes) is 1. The van der Waals surface area contributed by atoms with Crippen molar-refractivity contribution in [3.63, 3.8) is 0 Å². The summed E-state index contributed by atoms with van der Waals surface area (Å²) in [6, 6.07) is 0. The highest BCUT2D eigenvalue weighted by atomic mass is 14.6. The molecule has 0 spiro atoms. The Morgan fingerprint density at radius 2 is 1.62 bits per heavy atom. The van der Waals surface area contributed by atoms with E-state index in [4.69, 9.17) is 0 Å². The van der Waals surface area contributed by atoms with Crippen LogP contribution in [0, 0.1) is 22.7 Å². The fourth-order valence-electron chi connectivity index (χ4n) is 5.85. The van der Waals surface area contributed by atoms with Gasteiger partial charge in [-0.05, 0) is 61.2 Å². The summed E-state index contributed by atoms with van der Waals surface area (Å²) in [6.07, 6.45) is 15.5. The average molecular weight is 220 g/mol. The van der Waals surface area contributed by atoms with Gasteiger partial charge in [0.2, 0.25) is 0 Å². The molecule has 2 atom stereocenters. The van der Waals surface area contributed by atoms with Crippen molar-refractivity contribution in [3.05, 3.63) is 0 Å². The topological polar surface area (TPSA) is 0 Å². The number of hydrogen-bond donors (Lipinski definition) is 0. The van der Waals surface area contributed by atoms with E-state index in [1.165, 1.54) is 12.8 Å². The first-order valence-electron chi connectivity index (χ1n) is 7.63. The third-order valence-electron chi connectivity index (χ3n) is 5.85. The van der Waals surface area contributed by atoms with Crippen LogP contribution in [-0.2, 0) is 0 Å². The minimum Gasteiger partial charge on any atom is -0.0654 e. The van der Waals surface area contributed by atoms with Gasteiger partial charge in [0, 0.05) is 0 Å². The maximum atomic E-state index is 2.61. The molecule has 0 saturated heterocycles. The molecule has 4 aliphatic rings. The predicted molar refractivity (Wildman–Crippen MR) is 69.4 cm³/mol. The summed E-state index contributed by atoms with van der Waals surface area (Å²) in [6.45, 7) is 4.97. The summed E-state index contributed by atoms with van der Waals surface area (Å²) in [5.74, 6) is 2.20. The molecule has 4 fully saturated rings. The van der Waals surface area contributed by atoms with Crippen LogP contribution in [0.25, 0.3) is 0 Å². The first kappa shape index (κ1) is 11.1. The van der Waals surface area contributed by atoms with Gasteiger partial charge in [-0.25, -0.2) is 0 Å². The molecular formula is C16H28. The molecule has 0 nitrogen and oxygen atoms in total. The van der Waals surface area contributed by atoms with Crippen molar-refractivity contribution in [2.24, 2.45) is 22.7 Å². The van der Waals surface area contributed by atoms with Gasteiger partial charge in [0.1, 0.15) is 0 Å². The van der Waals surface area contributed by atoms with Crippen molar-refractivity contribution in [3.8, 4) is 0 Å². The highest BCUT2D eigenvalue weighted by Gasteiger charge is 2.52. The highest BCUT2D eigenvalue weighted by Crippen LogP contribution is 2.64. The van der Waals surface area contributed by atoms with E-state index in [2.05, 4.69) is 13.8 Å². The van der Waals surface area contributed by atoms with E-state index in [1.807, 2.05) is 0 Å². The number of fused-ring (bicyclic) bond motifs is 1. The minimum atomic E-state index is 0.746. The van der Waals surface area contributed by atoms with Crippen LogP contribution in [0.5, 0.6) is 0 Å². The van der Waals surface area contributed by atoms with E-state index >= 15 is 0 Å². The van der Waals surface area contributed by atoms with Gasteiger partial charge >= 0.3 is 0 Å². The summed E-state index contributed by atoms with van der Waals surface area (Å²) in [5, 5.41) is 0. The van der Waals surface area contributed by atoms with E-state index in [0.29, 0.717) is 0 Å². The molecule has 4 saturated carbocycles. The Morgan fingerprint density at radius 1 is 1.00 bits per heavy atom. The Morgan fingerprint density at radius 3 is 2.19 bits per heavy atom. The van der Waals surface area contributed by atoms with Crippen LogP contribution in [0.4, 0.5) is 0 Å². The second-order valence-electron chi connectivity index (χ2n) is 7.72. The standard InChI is InChI=1S/C16H28/c1-3-4-7-16-10-13-5-6-14(11-16)9-15(2,8-13)12-16/h13-14H,3-12H2,1-2H3. The molecule has 0 N–H and O–H groups in total. The highest BCUT2D eigenvalue weighted by molar-refractivity contribution is 5.03. The van der Waals surface area contributed by atoms with Crippen molar-refractivity contribution in [2.45, 2.75) is 78.1 Å². The summed E-state index contributed by atoms with van der Waals surface area (Å²) < 4.78 is 0. The zero-order chi connectivity index (χ0) is 11.2. The van der Waals surface area contributed by atoms with Gasteiger partial charge in [0.05, 0.1) is 0 Å². The first-order chi connectivity index (χ1) is 7.63. The molecule has 0 amide bonds. The van der Waals surface area contributed by atoms with Crippen LogP contribution in [0.15, 0.2) is 0 Å². The molecular weight excluding hydrogens is 192 g/mol. The van der Waals surface area contributed by atoms with Crippen molar-refractivity contribution in [1.29, 1.82) is 0 Å². The number of hydrogen-bond acceptors (Lipinski definition) is 0. The molecule has 4 aliphatic carbocycles. The molecule has 2 unspecified atom stereocenters. The zero-order valence-corrected chi connectivity index (χ0v) is 11.2. The Kier molecular flexibility index (Phi) is 2.60. The Labute approximate surface area is 101 Å². The second kappa shape index (κ2) is 3.75. The molecule has 4 bridgehead atoms. The second-order valence-corrected chi connectivity index (χ2v) is 7.72. The zero-order valence-electron chi connectivity index (χ0n) is 11.2. The fourth-order valence-corrected chi connectivity index (χ4v) is 5.85. The van der Waals surface area contributed by atoms with Crippen molar-refractivity contribution < 1.29 is 0 Å². The van der Waals surface area contributed by atoms with E-state index < -0.39 is 0 Å². The molecule has 0 aromatic carbocycles. The Hall–Kier alpha value is 0. The normalized spacial score (nSPS) is 50.6. The SMILES string of the molecule is CCCCC12CC3CCC(CC(C)(C3)C1)C2. The summed E-state index contributed by atoms with van der Waals surface area (Å²) in [4.78, 5) is 0. The van der Waals surface area contributed by atoms with Crippen molar-refractivity contribution >= 4 is 0 Å². The van der Waals surface area contributed by atoms with Gasteiger partial charge in [0.25, 0.3) is 0 Å². The third-order valence-corrected chi connectivity index (χ3v) is 5.85. The maximum absolute atomic E-state index is 2.61. The third kappa shape index (κ3) is 1.83. The molecule has 0 heteroatoms. The smallest absolute Gasteiger partial charge is 0.0287 e. The van der Waals surface area contributed by atoms with Gasteiger partial charge < -0.3 is 0 Å². The molecule has 0 heterocycles. The molecule has 92 valence electrons.